The quantitative estimate of drug-likeness (QED) is 0.606. The smallest absolute Gasteiger partial charge is 0.241 e. The molecule has 0 N–H and O–H groups in total. The lowest BCUT2D eigenvalue weighted by molar-refractivity contribution is 0.104. The van der Waals surface area contributed by atoms with Crippen LogP contribution in [0.1, 0.15) is 5.89 Å². The summed E-state index contributed by atoms with van der Waals surface area (Å²) in [6, 6.07) is 17.4. The summed E-state index contributed by atoms with van der Waals surface area (Å²) >= 11 is 5.89. The highest BCUT2D eigenvalue weighted by Crippen LogP contribution is 2.17. The minimum Gasteiger partial charge on any atom is -0.492 e. The van der Waals surface area contributed by atoms with Crippen LogP contribution in [-0.4, -0.2) is 59.3 Å². The zero-order chi connectivity index (χ0) is 19.2. The highest BCUT2D eigenvalue weighted by atomic mass is 35.5. The van der Waals surface area contributed by atoms with Gasteiger partial charge in [0.25, 0.3) is 0 Å². The van der Waals surface area contributed by atoms with Crippen LogP contribution in [0, 0.1) is 0 Å². The molecule has 1 aliphatic heterocycles. The number of rotatable bonds is 7. The summed E-state index contributed by atoms with van der Waals surface area (Å²) < 4.78 is 11.2. The predicted octanol–water partition coefficient (Wildman–Crippen LogP) is 3.59. The molecule has 0 saturated carbocycles. The molecular weight excluding hydrogens is 376 g/mol. The Morgan fingerprint density at radius 1 is 0.929 bits per heavy atom. The highest BCUT2D eigenvalue weighted by Gasteiger charge is 2.19. The SMILES string of the molecule is Clc1ccc(OCCN2CCN(Cc3nc(-c4ccccc4)no3)CC2)cc1. The van der Waals surface area contributed by atoms with Gasteiger partial charge in [0.2, 0.25) is 11.7 Å². The molecule has 28 heavy (non-hydrogen) atoms. The Hall–Kier alpha value is -2.41. The maximum absolute atomic E-state index is 5.89. The van der Waals surface area contributed by atoms with Crippen LogP contribution in [0.4, 0.5) is 0 Å². The molecule has 2 heterocycles. The molecule has 1 fully saturated rings. The van der Waals surface area contributed by atoms with Crippen LogP contribution in [-0.2, 0) is 6.54 Å². The molecule has 1 saturated heterocycles. The van der Waals surface area contributed by atoms with Gasteiger partial charge in [0.05, 0.1) is 6.54 Å². The summed E-state index contributed by atoms with van der Waals surface area (Å²) in [6.07, 6.45) is 0. The lowest BCUT2D eigenvalue weighted by atomic mass is 10.2. The Bertz CT molecular complexity index is 862. The number of hydrogen-bond acceptors (Lipinski definition) is 6. The Kier molecular flexibility index (Phi) is 6.21. The van der Waals surface area contributed by atoms with Gasteiger partial charge in [-0.2, -0.15) is 4.98 Å². The van der Waals surface area contributed by atoms with Gasteiger partial charge in [0.15, 0.2) is 0 Å². The zero-order valence-electron chi connectivity index (χ0n) is 15.6. The first-order valence-corrected chi connectivity index (χ1v) is 9.85. The Labute approximate surface area is 169 Å². The molecule has 0 amide bonds. The molecule has 146 valence electrons. The summed E-state index contributed by atoms with van der Waals surface area (Å²) in [5.74, 6) is 2.17. The Morgan fingerprint density at radius 2 is 1.64 bits per heavy atom. The molecule has 0 unspecified atom stereocenters. The van der Waals surface area contributed by atoms with Gasteiger partial charge in [0.1, 0.15) is 12.4 Å². The molecule has 4 rings (SSSR count). The molecule has 1 aromatic heterocycles. The average molecular weight is 399 g/mol. The molecule has 7 heteroatoms. The van der Waals surface area contributed by atoms with E-state index in [0.717, 1.165) is 49.1 Å². The Morgan fingerprint density at radius 3 is 2.39 bits per heavy atom. The van der Waals surface area contributed by atoms with Crippen LogP contribution in [0.5, 0.6) is 5.75 Å². The fourth-order valence-corrected chi connectivity index (χ4v) is 3.34. The maximum Gasteiger partial charge on any atom is 0.241 e. The number of nitrogens with zero attached hydrogens (tertiary/aromatic N) is 4. The van der Waals surface area contributed by atoms with Crippen molar-refractivity contribution in [2.45, 2.75) is 6.54 Å². The van der Waals surface area contributed by atoms with E-state index in [4.69, 9.17) is 20.9 Å². The van der Waals surface area contributed by atoms with E-state index in [1.165, 1.54) is 0 Å². The third kappa shape index (κ3) is 5.10. The second kappa shape index (κ2) is 9.19. The van der Waals surface area contributed by atoms with Gasteiger partial charge in [-0.05, 0) is 24.3 Å². The topological polar surface area (TPSA) is 54.6 Å². The normalized spacial score (nSPS) is 15.6. The van der Waals surface area contributed by atoms with Gasteiger partial charge in [-0.3, -0.25) is 9.80 Å². The summed E-state index contributed by atoms with van der Waals surface area (Å²) in [6.45, 7) is 6.23. The second-order valence-electron chi connectivity index (χ2n) is 6.80. The molecule has 2 aromatic carbocycles. The number of halogens is 1. The van der Waals surface area contributed by atoms with Gasteiger partial charge in [0, 0.05) is 43.3 Å². The van der Waals surface area contributed by atoms with Gasteiger partial charge >= 0.3 is 0 Å². The minimum absolute atomic E-state index is 0.647. The van der Waals surface area contributed by atoms with Crippen LogP contribution >= 0.6 is 11.6 Å². The fraction of sp³-hybridized carbons (Fsp3) is 0.333. The standard InChI is InChI=1S/C21H23ClN4O2/c22-18-6-8-19(9-7-18)27-15-14-25-10-12-26(13-11-25)16-20-23-21(24-28-20)17-4-2-1-3-5-17/h1-9H,10-16H2. The van der Waals surface area contributed by atoms with Crippen molar-refractivity contribution < 1.29 is 9.26 Å². The van der Waals surface area contributed by atoms with Crippen molar-refractivity contribution >= 4 is 11.6 Å². The van der Waals surface area contributed by atoms with E-state index >= 15 is 0 Å². The summed E-state index contributed by atoms with van der Waals surface area (Å²) in [7, 11) is 0. The van der Waals surface area contributed by atoms with Gasteiger partial charge in [-0.1, -0.05) is 47.1 Å². The van der Waals surface area contributed by atoms with E-state index in [-0.39, 0.29) is 0 Å². The largest absolute Gasteiger partial charge is 0.492 e. The van der Waals surface area contributed by atoms with Crippen molar-refractivity contribution in [2.24, 2.45) is 0 Å². The van der Waals surface area contributed by atoms with E-state index in [1.807, 2.05) is 54.6 Å². The van der Waals surface area contributed by atoms with Crippen LogP contribution in [0.15, 0.2) is 59.1 Å². The summed E-state index contributed by atoms with van der Waals surface area (Å²) in [5, 5.41) is 4.82. The molecule has 0 atom stereocenters. The molecule has 6 nitrogen and oxygen atoms in total. The van der Waals surface area contributed by atoms with E-state index in [1.54, 1.807) is 0 Å². The van der Waals surface area contributed by atoms with Crippen molar-refractivity contribution in [1.82, 2.24) is 19.9 Å². The van der Waals surface area contributed by atoms with E-state index < -0.39 is 0 Å². The molecule has 0 aliphatic carbocycles. The van der Waals surface area contributed by atoms with Crippen molar-refractivity contribution in [3.05, 3.63) is 65.5 Å². The molecule has 1 aliphatic rings. The third-order valence-electron chi connectivity index (χ3n) is 4.81. The molecule has 0 spiro atoms. The lowest BCUT2D eigenvalue weighted by Crippen LogP contribution is -2.47. The average Bonchev–Trinajstić information content (AvgIpc) is 3.20. The fourth-order valence-electron chi connectivity index (χ4n) is 3.21. The predicted molar refractivity (Wildman–Crippen MR) is 108 cm³/mol. The van der Waals surface area contributed by atoms with Crippen molar-refractivity contribution in [2.75, 3.05) is 39.3 Å². The first-order valence-electron chi connectivity index (χ1n) is 9.47. The van der Waals surface area contributed by atoms with Crippen LogP contribution in [0.2, 0.25) is 5.02 Å². The van der Waals surface area contributed by atoms with E-state index in [2.05, 4.69) is 19.9 Å². The molecule has 0 radical (unpaired) electrons. The van der Waals surface area contributed by atoms with Crippen molar-refractivity contribution in [3.63, 3.8) is 0 Å². The first kappa shape index (κ1) is 18.9. The van der Waals surface area contributed by atoms with E-state index in [9.17, 15) is 0 Å². The number of aromatic nitrogens is 2. The Balaban J connectivity index is 1.19. The highest BCUT2D eigenvalue weighted by molar-refractivity contribution is 6.30. The van der Waals surface area contributed by atoms with Crippen LogP contribution in [0.3, 0.4) is 0 Å². The number of piperazine rings is 1. The molecular formula is C21H23ClN4O2. The van der Waals surface area contributed by atoms with Gasteiger partial charge in [-0.25, -0.2) is 0 Å². The third-order valence-corrected chi connectivity index (χ3v) is 5.07. The van der Waals surface area contributed by atoms with Crippen molar-refractivity contribution in [3.8, 4) is 17.1 Å². The van der Waals surface area contributed by atoms with Gasteiger partial charge < -0.3 is 9.26 Å². The second-order valence-corrected chi connectivity index (χ2v) is 7.23. The van der Waals surface area contributed by atoms with Gasteiger partial charge in [-0.15, -0.1) is 0 Å². The first-order chi connectivity index (χ1) is 13.8. The minimum atomic E-state index is 0.647. The zero-order valence-corrected chi connectivity index (χ0v) is 16.4. The number of hydrogen-bond donors (Lipinski definition) is 0. The summed E-state index contributed by atoms with van der Waals surface area (Å²) in [5.41, 5.74) is 0.975. The van der Waals surface area contributed by atoms with Crippen LogP contribution < -0.4 is 4.74 Å². The number of ether oxygens (including phenoxy) is 1. The molecule has 0 bridgehead atoms. The maximum atomic E-state index is 5.89. The lowest BCUT2D eigenvalue weighted by Gasteiger charge is -2.33. The monoisotopic (exact) mass is 398 g/mol. The number of benzene rings is 2. The van der Waals surface area contributed by atoms with E-state index in [0.29, 0.717) is 24.9 Å². The summed E-state index contributed by atoms with van der Waals surface area (Å²) in [4.78, 5) is 9.28. The molecule has 3 aromatic rings. The van der Waals surface area contributed by atoms with Crippen molar-refractivity contribution in [1.29, 1.82) is 0 Å². The van der Waals surface area contributed by atoms with Crippen LogP contribution in [0.25, 0.3) is 11.4 Å².